The Bertz CT molecular complexity index is 1150. The molecule has 0 fully saturated rings. The number of ether oxygens (including phenoxy) is 1. The number of aryl methyl sites for hydroxylation is 4. The van der Waals surface area contributed by atoms with E-state index in [0.717, 1.165) is 33.7 Å². The number of hydrogen-bond donors (Lipinski definition) is 1. The fourth-order valence-electron chi connectivity index (χ4n) is 3.37. The molecule has 0 unspecified atom stereocenters. The van der Waals surface area contributed by atoms with Crippen LogP contribution in [-0.4, -0.2) is 28.0 Å². The van der Waals surface area contributed by atoms with E-state index in [4.69, 9.17) is 4.74 Å². The number of aromatic nitrogens is 2. The fraction of sp³-hybridized carbons (Fsp3) is 0.333. The normalized spacial score (nSPS) is 10.9. The summed E-state index contributed by atoms with van der Waals surface area (Å²) in [5.41, 5.74) is 3.97. The molecular weight excluding hydrogens is 390 g/mol. The highest BCUT2D eigenvalue weighted by molar-refractivity contribution is 7.20. The number of nitrogens with zero attached hydrogens (tertiary/aromatic N) is 2. The molecule has 3 aromatic rings. The summed E-state index contributed by atoms with van der Waals surface area (Å²) in [5, 5.41) is 3.23. The van der Waals surface area contributed by atoms with Crippen molar-refractivity contribution in [3.05, 3.63) is 55.9 Å². The van der Waals surface area contributed by atoms with Crippen molar-refractivity contribution < 1.29 is 14.3 Å². The largest absolute Gasteiger partial charge is 0.462 e. The van der Waals surface area contributed by atoms with Crippen molar-refractivity contribution in [2.24, 2.45) is 0 Å². The van der Waals surface area contributed by atoms with Crippen molar-refractivity contribution in [1.29, 1.82) is 0 Å². The molecule has 0 aliphatic rings. The van der Waals surface area contributed by atoms with E-state index in [1.165, 1.54) is 10.9 Å². The quantitative estimate of drug-likeness (QED) is 0.647. The summed E-state index contributed by atoms with van der Waals surface area (Å²) in [7, 11) is 0. The van der Waals surface area contributed by atoms with Gasteiger partial charge in [-0.2, -0.15) is 0 Å². The Balaban J connectivity index is 1.90. The molecule has 0 aliphatic heterocycles. The number of fused-ring (bicyclic) bond motifs is 1. The third-order valence-electron chi connectivity index (χ3n) is 4.63. The molecule has 0 radical (unpaired) electrons. The first-order valence-electron chi connectivity index (χ1n) is 9.26. The minimum atomic E-state index is -0.470. The zero-order chi connectivity index (χ0) is 21.3. The van der Waals surface area contributed by atoms with E-state index in [0.29, 0.717) is 20.7 Å². The number of amides is 1. The molecule has 0 saturated heterocycles. The van der Waals surface area contributed by atoms with E-state index in [-0.39, 0.29) is 24.6 Å². The number of rotatable bonds is 5. The van der Waals surface area contributed by atoms with Crippen molar-refractivity contribution in [2.45, 2.75) is 41.2 Å². The second-order valence-electron chi connectivity index (χ2n) is 6.96. The van der Waals surface area contributed by atoms with Crippen LogP contribution in [0.3, 0.4) is 0 Å². The first kappa shape index (κ1) is 20.7. The third-order valence-corrected chi connectivity index (χ3v) is 5.81. The maximum Gasteiger partial charge on any atom is 0.348 e. The van der Waals surface area contributed by atoms with Crippen LogP contribution >= 0.6 is 11.3 Å². The van der Waals surface area contributed by atoms with Crippen molar-refractivity contribution in [3.8, 4) is 0 Å². The highest BCUT2D eigenvalue weighted by Crippen LogP contribution is 2.27. The van der Waals surface area contributed by atoms with Gasteiger partial charge >= 0.3 is 5.97 Å². The molecule has 0 aliphatic carbocycles. The second-order valence-corrected chi connectivity index (χ2v) is 7.96. The topological polar surface area (TPSA) is 90.3 Å². The molecular formula is C21H23N3O4S. The van der Waals surface area contributed by atoms with Gasteiger partial charge in [-0.3, -0.25) is 14.2 Å². The lowest BCUT2D eigenvalue weighted by Gasteiger charge is -2.13. The van der Waals surface area contributed by atoms with Crippen LogP contribution in [0.25, 0.3) is 10.2 Å². The predicted molar refractivity (Wildman–Crippen MR) is 114 cm³/mol. The maximum absolute atomic E-state index is 12.9. The molecule has 2 aromatic heterocycles. The van der Waals surface area contributed by atoms with Crippen LogP contribution in [0.5, 0.6) is 0 Å². The molecule has 8 heteroatoms. The number of nitrogens with one attached hydrogen (secondary N) is 1. The molecule has 1 amide bonds. The van der Waals surface area contributed by atoms with Gasteiger partial charge in [0.15, 0.2) is 0 Å². The number of esters is 1. The van der Waals surface area contributed by atoms with E-state index in [9.17, 15) is 14.4 Å². The van der Waals surface area contributed by atoms with Gasteiger partial charge in [-0.1, -0.05) is 17.7 Å². The summed E-state index contributed by atoms with van der Waals surface area (Å²) in [6.45, 7) is 9.36. The molecule has 1 aromatic carbocycles. The van der Waals surface area contributed by atoms with Crippen LogP contribution in [0.15, 0.2) is 23.3 Å². The molecule has 3 rings (SSSR count). The van der Waals surface area contributed by atoms with Gasteiger partial charge in [0, 0.05) is 5.69 Å². The molecule has 1 N–H and O–H groups in total. The van der Waals surface area contributed by atoms with Gasteiger partial charge in [-0.15, -0.1) is 11.3 Å². The minimum Gasteiger partial charge on any atom is -0.462 e. The molecule has 152 valence electrons. The lowest BCUT2D eigenvalue weighted by molar-refractivity contribution is -0.116. The second kappa shape index (κ2) is 8.16. The molecule has 0 bridgehead atoms. The standard InChI is InChI=1S/C21H23N3O4S/c1-6-28-21(27)18-14(5)16-19(29-18)22-10-24(20(16)26)9-15(25)23-17-12(3)7-11(2)8-13(17)4/h7-8,10H,6,9H2,1-5H3,(H,23,25). The van der Waals surface area contributed by atoms with Crippen molar-refractivity contribution in [3.63, 3.8) is 0 Å². The van der Waals surface area contributed by atoms with E-state index in [1.54, 1.807) is 13.8 Å². The van der Waals surface area contributed by atoms with Crippen LogP contribution in [0, 0.1) is 27.7 Å². The monoisotopic (exact) mass is 413 g/mol. The lowest BCUT2D eigenvalue weighted by Crippen LogP contribution is -2.28. The van der Waals surface area contributed by atoms with Gasteiger partial charge in [0.05, 0.1) is 18.3 Å². The van der Waals surface area contributed by atoms with Crippen LogP contribution in [-0.2, 0) is 16.1 Å². The lowest BCUT2D eigenvalue weighted by atomic mass is 10.1. The van der Waals surface area contributed by atoms with Gasteiger partial charge in [0.1, 0.15) is 16.3 Å². The predicted octanol–water partition coefficient (Wildman–Crippen LogP) is 3.51. The van der Waals surface area contributed by atoms with Crippen molar-refractivity contribution in [2.75, 3.05) is 11.9 Å². The molecule has 2 heterocycles. The van der Waals surface area contributed by atoms with Crippen molar-refractivity contribution in [1.82, 2.24) is 9.55 Å². The third kappa shape index (κ3) is 4.07. The fourth-order valence-corrected chi connectivity index (χ4v) is 4.41. The van der Waals surface area contributed by atoms with E-state index in [2.05, 4.69) is 10.3 Å². The Morgan fingerprint density at radius 1 is 1.17 bits per heavy atom. The highest BCUT2D eigenvalue weighted by atomic mass is 32.1. The van der Waals surface area contributed by atoms with Crippen LogP contribution in [0.4, 0.5) is 5.69 Å². The molecule has 0 spiro atoms. The Labute approximate surface area is 172 Å². The van der Waals surface area contributed by atoms with Gasteiger partial charge in [0.2, 0.25) is 5.91 Å². The average Bonchev–Trinajstić information content (AvgIpc) is 2.98. The summed E-state index contributed by atoms with van der Waals surface area (Å²) in [5.74, 6) is -0.788. The van der Waals surface area contributed by atoms with Gasteiger partial charge in [0.25, 0.3) is 5.56 Å². The SMILES string of the molecule is CCOC(=O)c1sc2ncn(CC(=O)Nc3c(C)cc(C)cc3C)c(=O)c2c1C. The number of benzene rings is 1. The molecule has 0 saturated carbocycles. The number of carbonyl (C=O) groups is 2. The summed E-state index contributed by atoms with van der Waals surface area (Å²) >= 11 is 1.12. The summed E-state index contributed by atoms with van der Waals surface area (Å²) in [6, 6.07) is 3.99. The summed E-state index contributed by atoms with van der Waals surface area (Å²) in [6.07, 6.45) is 1.34. The van der Waals surface area contributed by atoms with Gasteiger partial charge in [-0.25, -0.2) is 9.78 Å². The molecule has 29 heavy (non-hydrogen) atoms. The van der Waals surface area contributed by atoms with Crippen LogP contribution < -0.4 is 10.9 Å². The average molecular weight is 413 g/mol. The van der Waals surface area contributed by atoms with E-state index >= 15 is 0 Å². The Kier molecular flexibility index (Phi) is 5.83. The molecule has 7 nitrogen and oxygen atoms in total. The minimum absolute atomic E-state index is 0.168. The zero-order valence-corrected chi connectivity index (χ0v) is 17.9. The van der Waals surface area contributed by atoms with Crippen LogP contribution in [0.1, 0.15) is 38.8 Å². The number of hydrogen-bond acceptors (Lipinski definition) is 6. The number of thiophene rings is 1. The Morgan fingerprint density at radius 2 is 1.83 bits per heavy atom. The Hall–Kier alpha value is -3.00. The highest BCUT2D eigenvalue weighted by Gasteiger charge is 2.21. The summed E-state index contributed by atoms with van der Waals surface area (Å²) in [4.78, 5) is 42.7. The van der Waals surface area contributed by atoms with Crippen LogP contribution in [0.2, 0.25) is 0 Å². The van der Waals surface area contributed by atoms with Crippen molar-refractivity contribution >= 4 is 39.1 Å². The Morgan fingerprint density at radius 3 is 2.45 bits per heavy atom. The number of carbonyl (C=O) groups excluding carboxylic acids is 2. The summed E-state index contributed by atoms with van der Waals surface area (Å²) < 4.78 is 6.30. The maximum atomic E-state index is 12.9. The van der Waals surface area contributed by atoms with E-state index < -0.39 is 5.97 Å². The van der Waals surface area contributed by atoms with Gasteiger partial charge in [-0.05, 0) is 51.3 Å². The first-order chi connectivity index (χ1) is 13.7. The first-order valence-corrected chi connectivity index (χ1v) is 10.1. The zero-order valence-electron chi connectivity index (χ0n) is 17.1. The molecule has 0 atom stereocenters. The van der Waals surface area contributed by atoms with E-state index in [1.807, 2.05) is 32.9 Å². The number of anilines is 1. The smallest absolute Gasteiger partial charge is 0.348 e. The van der Waals surface area contributed by atoms with Gasteiger partial charge < -0.3 is 10.1 Å².